The second-order valence-electron chi connectivity index (χ2n) is 5.81. The van der Waals surface area contributed by atoms with Crippen molar-refractivity contribution in [2.45, 2.75) is 18.6 Å². The summed E-state index contributed by atoms with van der Waals surface area (Å²) in [6.07, 6.45) is 1.21. The van der Waals surface area contributed by atoms with Crippen molar-refractivity contribution in [3.05, 3.63) is 59.7 Å². The van der Waals surface area contributed by atoms with Crippen molar-refractivity contribution < 1.29 is 13.7 Å². The first-order valence-corrected chi connectivity index (χ1v) is 9.52. The summed E-state index contributed by atoms with van der Waals surface area (Å²) in [6, 6.07) is 15.5. The van der Waals surface area contributed by atoms with Crippen LogP contribution in [0.25, 0.3) is 0 Å². The van der Waals surface area contributed by atoms with Crippen LogP contribution in [0.5, 0.6) is 5.75 Å². The predicted molar refractivity (Wildman–Crippen MR) is 96.8 cm³/mol. The van der Waals surface area contributed by atoms with Crippen molar-refractivity contribution in [3.8, 4) is 5.75 Å². The number of nitrogens with zero attached hydrogens (tertiary/aromatic N) is 1. The van der Waals surface area contributed by atoms with Gasteiger partial charge in [0.1, 0.15) is 5.75 Å². The number of rotatable bonds is 6. The van der Waals surface area contributed by atoms with E-state index in [1.807, 2.05) is 47.4 Å². The zero-order valence-corrected chi connectivity index (χ0v) is 14.6. The average molecular weight is 343 g/mol. The lowest BCUT2D eigenvalue weighted by Gasteiger charge is -2.17. The molecule has 3 rings (SSSR count). The van der Waals surface area contributed by atoms with Gasteiger partial charge in [0.2, 0.25) is 5.91 Å². The molecule has 0 fully saturated rings. The summed E-state index contributed by atoms with van der Waals surface area (Å²) in [7, 11) is 0.551. The van der Waals surface area contributed by atoms with Gasteiger partial charge < -0.3 is 9.64 Å². The van der Waals surface area contributed by atoms with Crippen LogP contribution in [-0.2, 0) is 27.8 Å². The highest BCUT2D eigenvalue weighted by Gasteiger charge is 2.24. The van der Waals surface area contributed by atoms with Crippen LogP contribution in [0, 0.1) is 0 Å². The molecule has 5 heteroatoms. The molecule has 1 amide bonds. The first kappa shape index (κ1) is 16.7. The normalized spacial score (nSPS) is 14.3. The highest BCUT2D eigenvalue weighted by atomic mass is 32.2. The summed E-state index contributed by atoms with van der Waals surface area (Å²) in [5, 5.41) is 0. The van der Waals surface area contributed by atoms with Crippen molar-refractivity contribution in [2.75, 3.05) is 24.3 Å². The molecular weight excluding hydrogens is 322 g/mol. The Morgan fingerprint density at radius 3 is 2.88 bits per heavy atom. The molecule has 1 atom stereocenters. The molecule has 0 saturated heterocycles. The molecule has 126 valence electrons. The third-order valence-electron chi connectivity index (χ3n) is 4.19. The summed E-state index contributed by atoms with van der Waals surface area (Å²) < 4.78 is 17.5. The quantitative estimate of drug-likeness (QED) is 0.810. The van der Waals surface area contributed by atoms with E-state index in [1.54, 1.807) is 7.11 Å². The molecule has 0 radical (unpaired) electrons. The third-order valence-corrected chi connectivity index (χ3v) is 5.51. The summed E-state index contributed by atoms with van der Waals surface area (Å²) in [5.41, 5.74) is 3.18. The smallest absolute Gasteiger partial charge is 0.227 e. The number of hydrogen-bond donors (Lipinski definition) is 0. The van der Waals surface area contributed by atoms with Gasteiger partial charge in [0.15, 0.2) is 0 Å². The number of carbonyl (C=O) groups is 1. The van der Waals surface area contributed by atoms with Crippen molar-refractivity contribution in [1.29, 1.82) is 0 Å². The topological polar surface area (TPSA) is 46.6 Å². The zero-order chi connectivity index (χ0) is 16.9. The standard InChI is InChI=1S/C19H21NO3S/c1-23-17-7-4-5-15(13-17)14-24(22)12-10-19(21)20-11-9-16-6-2-3-8-18(16)20/h2-8,13H,9-12,14H2,1H3/t24-/m1/s1. The summed E-state index contributed by atoms with van der Waals surface area (Å²) >= 11 is 0. The van der Waals surface area contributed by atoms with Gasteiger partial charge in [-0.2, -0.15) is 0 Å². The van der Waals surface area contributed by atoms with Gasteiger partial charge in [-0.05, 0) is 35.7 Å². The molecule has 0 bridgehead atoms. The number of carbonyl (C=O) groups excluding carboxylic acids is 1. The van der Waals surface area contributed by atoms with E-state index in [2.05, 4.69) is 6.07 Å². The Morgan fingerprint density at radius 2 is 2.04 bits per heavy atom. The number of hydrogen-bond acceptors (Lipinski definition) is 3. The maximum Gasteiger partial charge on any atom is 0.227 e. The Bertz CT molecular complexity index is 760. The highest BCUT2D eigenvalue weighted by molar-refractivity contribution is 7.84. The fraction of sp³-hybridized carbons (Fsp3) is 0.316. The number of ether oxygens (including phenoxy) is 1. The van der Waals surface area contributed by atoms with Gasteiger partial charge in [-0.25, -0.2) is 0 Å². The van der Waals surface area contributed by atoms with Crippen molar-refractivity contribution in [2.24, 2.45) is 0 Å². The fourth-order valence-electron chi connectivity index (χ4n) is 2.95. The van der Waals surface area contributed by atoms with Crippen LogP contribution in [0.2, 0.25) is 0 Å². The zero-order valence-electron chi connectivity index (χ0n) is 13.7. The number of benzene rings is 2. The minimum atomic E-state index is -1.06. The van der Waals surface area contributed by atoms with Gasteiger partial charge in [0, 0.05) is 41.0 Å². The molecule has 0 aliphatic carbocycles. The number of amides is 1. The maximum atomic E-state index is 12.4. The lowest BCUT2D eigenvalue weighted by Crippen LogP contribution is -2.29. The lowest BCUT2D eigenvalue weighted by molar-refractivity contribution is -0.118. The molecule has 1 aliphatic rings. The minimum absolute atomic E-state index is 0.0546. The lowest BCUT2D eigenvalue weighted by atomic mass is 10.2. The van der Waals surface area contributed by atoms with Crippen LogP contribution in [0.4, 0.5) is 5.69 Å². The van der Waals surface area contributed by atoms with Crippen LogP contribution < -0.4 is 9.64 Å². The van der Waals surface area contributed by atoms with E-state index >= 15 is 0 Å². The van der Waals surface area contributed by atoms with Crippen LogP contribution in [0.15, 0.2) is 48.5 Å². The fourth-order valence-corrected chi connectivity index (χ4v) is 4.05. The molecule has 1 aliphatic heterocycles. The Hall–Kier alpha value is -2.14. The Morgan fingerprint density at radius 1 is 1.21 bits per heavy atom. The van der Waals surface area contributed by atoms with E-state index in [4.69, 9.17) is 4.74 Å². The predicted octanol–water partition coefficient (Wildman–Crippen LogP) is 2.92. The van der Waals surface area contributed by atoms with E-state index in [0.717, 1.165) is 30.0 Å². The largest absolute Gasteiger partial charge is 0.497 e. The van der Waals surface area contributed by atoms with E-state index in [1.165, 1.54) is 5.56 Å². The van der Waals surface area contributed by atoms with E-state index in [9.17, 15) is 9.00 Å². The number of fused-ring (bicyclic) bond motifs is 1. The molecule has 0 unspecified atom stereocenters. The van der Waals surface area contributed by atoms with Gasteiger partial charge in [0.05, 0.1) is 7.11 Å². The average Bonchev–Trinajstić information content (AvgIpc) is 3.04. The third kappa shape index (κ3) is 3.85. The van der Waals surface area contributed by atoms with Crippen molar-refractivity contribution >= 4 is 22.4 Å². The SMILES string of the molecule is COc1cccc(C[S@](=O)CCC(=O)N2CCc3ccccc32)c1. The summed E-state index contributed by atoms with van der Waals surface area (Å²) in [6.45, 7) is 0.723. The first-order valence-electron chi connectivity index (χ1n) is 8.03. The van der Waals surface area contributed by atoms with E-state index < -0.39 is 10.8 Å². The van der Waals surface area contributed by atoms with Crippen LogP contribution in [0.3, 0.4) is 0 Å². The van der Waals surface area contributed by atoms with Crippen LogP contribution in [-0.4, -0.2) is 29.5 Å². The van der Waals surface area contributed by atoms with E-state index in [-0.39, 0.29) is 5.91 Å². The highest BCUT2D eigenvalue weighted by Crippen LogP contribution is 2.27. The number of anilines is 1. The second-order valence-corrected chi connectivity index (χ2v) is 7.39. The van der Waals surface area contributed by atoms with Crippen LogP contribution >= 0.6 is 0 Å². The molecule has 0 saturated carbocycles. The maximum absolute atomic E-state index is 12.4. The van der Waals surface area contributed by atoms with Gasteiger partial charge in [-0.1, -0.05) is 30.3 Å². The Labute approximate surface area is 144 Å². The number of methoxy groups -OCH3 is 1. The van der Waals surface area contributed by atoms with Gasteiger partial charge >= 0.3 is 0 Å². The van der Waals surface area contributed by atoms with Gasteiger partial charge in [0.25, 0.3) is 0 Å². The molecule has 2 aromatic carbocycles. The molecule has 0 N–H and O–H groups in total. The minimum Gasteiger partial charge on any atom is -0.497 e. The second kappa shape index (κ2) is 7.62. The molecule has 2 aromatic rings. The molecule has 0 spiro atoms. The molecule has 24 heavy (non-hydrogen) atoms. The monoisotopic (exact) mass is 343 g/mol. The Balaban J connectivity index is 1.54. The molecular formula is C19H21NO3S. The van der Waals surface area contributed by atoms with Gasteiger partial charge in [-0.3, -0.25) is 9.00 Å². The van der Waals surface area contributed by atoms with Crippen molar-refractivity contribution in [3.63, 3.8) is 0 Å². The first-order chi connectivity index (χ1) is 11.7. The summed E-state index contributed by atoms with van der Waals surface area (Å²) in [5.74, 6) is 1.64. The molecule has 0 aromatic heterocycles. The van der Waals surface area contributed by atoms with Crippen LogP contribution in [0.1, 0.15) is 17.5 Å². The van der Waals surface area contributed by atoms with Gasteiger partial charge in [-0.15, -0.1) is 0 Å². The Kier molecular flexibility index (Phi) is 5.30. The van der Waals surface area contributed by atoms with E-state index in [0.29, 0.717) is 17.9 Å². The summed E-state index contributed by atoms with van der Waals surface area (Å²) in [4.78, 5) is 14.3. The number of para-hydroxylation sites is 1. The molecule has 1 heterocycles. The molecule has 4 nitrogen and oxygen atoms in total. The van der Waals surface area contributed by atoms with Crippen molar-refractivity contribution in [1.82, 2.24) is 0 Å².